The van der Waals surface area contributed by atoms with Gasteiger partial charge in [-0.25, -0.2) is 4.39 Å². The van der Waals surface area contributed by atoms with Crippen LogP contribution < -0.4 is 10.1 Å². The molecule has 0 unspecified atom stereocenters. The summed E-state index contributed by atoms with van der Waals surface area (Å²) in [6.45, 7) is 7.19. The highest BCUT2D eigenvalue weighted by Gasteiger charge is 2.11. The molecule has 0 radical (unpaired) electrons. The van der Waals surface area contributed by atoms with Gasteiger partial charge in [0.05, 0.1) is 11.2 Å². The quantitative estimate of drug-likeness (QED) is 0.482. The third-order valence-corrected chi connectivity index (χ3v) is 3.77. The number of carbonyl (C=O) groups excluding carboxylic acids is 1. The Morgan fingerprint density at radius 1 is 1.15 bits per heavy atom. The van der Waals surface area contributed by atoms with E-state index in [4.69, 9.17) is 4.74 Å². The number of benzene rings is 2. The molecule has 0 fully saturated rings. The highest BCUT2D eigenvalue weighted by molar-refractivity contribution is 6.06. The molecule has 0 aliphatic carbocycles. The summed E-state index contributed by atoms with van der Waals surface area (Å²) in [6, 6.07) is 13.0. The number of amides is 1. The fourth-order valence-corrected chi connectivity index (χ4v) is 2.47. The van der Waals surface area contributed by atoms with E-state index < -0.39 is 11.7 Å². The summed E-state index contributed by atoms with van der Waals surface area (Å²) in [7, 11) is 0. The molecule has 1 N–H and O–H groups in total. The summed E-state index contributed by atoms with van der Waals surface area (Å²) in [5.74, 6) is -0.293. The zero-order chi connectivity index (χ0) is 19.2. The number of nitrogens with one attached hydrogen (secondary N) is 1. The van der Waals surface area contributed by atoms with Crippen molar-refractivity contribution < 1.29 is 13.9 Å². The zero-order valence-electron chi connectivity index (χ0n) is 14.5. The van der Waals surface area contributed by atoms with Crippen molar-refractivity contribution in [2.24, 2.45) is 0 Å². The van der Waals surface area contributed by atoms with Gasteiger partial charge in [0.15, 0.2) is 0 Å². The molecule has 0 saturated heterocycles. The Morgan fingerprint density at radius 3 is 2.74 bits per heavy atom. The van der Waals surface area contributed by atoms with Gasteiger partial charge in [-0.3, -0.25) is 9.78 Å². The molecule has 0 spiro atoms. The molecule has 2 aromatic carbocycles. The number of ether oxygens (including phenoxy) is 1. The molecule has 1 amide bonds. The third kappa shape index (κ3) is 4.27. The van der Waals surface area contributed by atoms with E-state index in [0.717, 1.165) is 10.9 Å². The molecule has 5 heteroatoms. The molecular weight excluding hydrogens is 343 g/mol. The number of nitrogens with zero attached hydrogens (tertiary/aromatic N) is 1. The summed E-state index contributed by atoms with van der Waals surface area (Å²) >= 11 is 0. The summed E-state index contributed by atoms with van der Waals surface area (Å²) in [5, 5.41) is 3.40. The highest BCUT2D eigenvalue weighted by Crippen LogP contribution is 2.23. The number of carbonyl (C=O) groups is 1. The smallest absolute Gasteiger partial charge is 0.255 e. The van der Waals surface area contributed by atoms with Gasteiger partial charge in [0.1, 0.15) is 17.3 Å². The first-order valence-electron chi connectivity index (χ1n) is 8.19. The van der Waals surface area contributed by atoms with E-state index in [9.17, 15) is 9.18 Å². The van der Waals surface area contributed by atoms with Crippen LogP contribution >= 0.6 is 0 Å². The number of pyridine rings is 1. The van der Waals surface area contributed by atoms with E-state index in [2.05, 4.69) is 23.5 Å². The van der Waals surface area contributed by atoms with Crippen molar-refractivity contribution in [2.45, 2.75) is 0 Å². The van der Waals surface area contributed by atoms with Gasteiger partial charge in [0.2, 0.25) is 0 Å². The Kier molecular flexibility index (Phi) is 5.42. The Balaban J connectivity index is 1.78. The largest absolute Gasteiger partial charge is 0.457 e. The lowest BCUT2D eigenvalue weighted by Gasteiger charge is -2.10. The molecular formula is C22H17FN2O2. The maximum absolute atomic E-state index is 14.3. The molecule has 3 rings (SSSR count). The molecule has 1 heterocycles. The maximum Gasteiger partial charge on any atom is 0.255 e. The SMILES string of the molecule is C=C/C=C(\C=C)Oc1ccc(NC(=O)c2ccc3ncccc3c2)c(F)c1. The van der Waals surface area contributed by atoms with E-state index in [1.807, 2.05) is 6.07 Å². The normalized spacial score (nSPS) is 11.1. The fraction of sp³-hybridized carbons (Fsp3) is 0. The molecule has 3 aromatic rings. The number of halogens is 1. The van der Waals surface area contributed by atoms with Crippen molar-refractivity contribution in [3.8, 4) is 5.75 Å². The minimum Gasteiger partial charge on any atom is -0.457 e. The van der Waals surface area contributed by atoms with Gasteiger partial charge in [-0.05, 0) is 48.6 Å². The molecule has 134 valence electrons. The van der Waals surface area contributed by atoms with Crippen molar-refractivity contribution in [2.75, 3.05) is 5.32 Å². The molecule has 0 saturated carbocycles. The number of hydrogen-bond acceptors (Lipinski definition) is 3. The lowest BCUT2D eigenvalue weighted by atomic mass is 10.1. The summed E-state index contributed by atoms with van der Waals surface area (Å²) in [6.07, 6.45) is 6.32. The Labute approximate surface area is 156 Å². The summed E-state index contributed by atoms with van der Waals surface area (Å²) in [5.41, 5.74) is 1.26. The predicted octanol–water partition coefficient (Wildman–Crippen LogP) is 5.26. The van der Waals surface area contributed by atoms with Gasteiger partial charge in [0, 0.05) is 23.2 Å². The van der Waals surface area contributed by atoms with Crippen molar-refractivity contribution in [3.05, 3.63) is 103 Å². The highest BCUT2D eigenvalue weighted by atomic mass is 19.1. The number of allylic oxidation sites excluding steroid dienone is 3. The average molecular weight is 360 g/mol. The second kappa shape index (κ2) is 8.10. The second-order valence-electron chi connectivity index (χ2n) is 5.62. The minimum atomic E-state index is -0.606. The molecule has 1 aromatic heterocycles. The van der Waals surface area contributed by atoms with Crippen molar-refractivity contribution in [1.82, 2.24) is 4.98 Å². The third-order valence-electron chi connectivity index (χ3n) is 3.77. The topological polar surface area (TPSA) is 51.2 Å². The lowest BCUT2D eigenvalue weighted by Crippen LogP contribution is -2.13. The van der Waals surface area contributed by atoms with Gasteiger partial charge in [-0.1, -0.05) is 25.3 Å². The summed E-state index contributed by atoms with van der Waals surface area (Å²) < 4.78 is 19.8. The Hall–Kier alpha value is -3.73. The van der Waals surface area contributed by atoms with Gasteiger partial charge in [0.25, 0.3) is 5.91 Å². The van der Waals surface area contributed by atoms with E-state index in [1.54, 1.807) is 48.7 Å². The fourth-order valence-electron chi connectivity index (χ4n) is 2.47. The van der Waals surface area contributed by atoms with Crippen LogP contribution in [-0.4, -0.2) is 10.9 Å². The van der Waals surface area contributed by atoms with E-state index in [0.29, 0.717) is 11.3 Å². The van der Waals surface area contributed by atoms with Crippen molar-refractivity contribution in [1.29, 1.82) is 0 Å². The molecule has 4 nitrogen and oxygen atoms in total. The Morgan fingerprint density at radius 2 is 2.00 bits per heavy atom. The number of fused-ring (bicyclic) bond motifs is 1. The van der Waals surface area contributed by atoms with Crippen LogP contribution in [0.2, 0.25) is 0 Å². The average Bonchev–Trinajstić information content (AvgIpc) is 2.69. The van der Waals surface area contributed by atoms with Crippen LogP contribution in [0.5, 0.6) is 5.75 Å². The van der Waals surface area contributed by atoms with Crippen LogP contribution in [0.4, 0.5) is 10.1 Å². The predicted molar refractivity (Wildman–Crippen MR) is 105 cm³/mol. The molecule has 0 aliphatic heterocycles. The van der Waals surface area contributed by atoms with Gasteiger partial charge in [-0.2, -0.15) is 0 Å². The molecule has 0 aliphatic rings. The number of rotatable bonds is 6. The van der Waals surface area contributed by atoms with Crippen LogP contribution in [0.25, 0.3) is 10.9 Å². The zero-order valence-corrected chi connectivity index (χ0v) is 14.5. The van der Waals surface area contributed by atoms with Gasteiger partial charge in [-0.15, -0.1) is 0 Å². The first kappa shape index (κ1) is 18.1. The van der Waals surface area contributed by atoms with E-state index >= 15 is 0 Å². The molecule has 0 atom stereocenters. The van der Waals surface area contributed by atoms with E-state index in [1.165, 1.54) is 18.2 Å². The molecule has 0 bridgehead atoms. The minimum absolute atomic E-state index is 0.0616. The number of aromatic nitrogens is 1. The van der Waals surface area contributed by atoms with Crippen LogP contribution in [0.3, 0.4) is 0 Å². The van der Waals surface area contributed by atoms with Gasteiger partial charge < -0.3 is 10.1 Å². The van der Waals surface area contributed by atoms with Crippen LogP contribution in [0, 0.1) is 5.82 Å². The van der Waals surface area contributed by atoms with Crippen molar-refractivity contribution in [3.63, 3.8) is 0 Å². The lowest BCUT2D eigenvalue weighted by molar-refractivity contribution is 0.102. The number of anilines is 1. The van der Waals surface area contributed by atoms with Crippen molar-refractivity contribution >= 4 is 22.5 Å². The number of hydrogen-bond donors (Lipinski definition) is 1. The van der Waals surface area contributed by atoms with Gasteiger partial charge >= 0.3 is 0 Å². The molecule has 27 heavy (non-hydrogen) atoms. The monoisotopic (exact) mass is 360 g/mol. The first-order chi connectivity index (χ1) is 13.1. The first-order valence-corrected chi connectivity index (χ1v) is 8.19. The maximum atomic E-state index is 14.3. The summed E-state index contributed by atoms with van der Waals surface area (Å²) in [4.78, 5) is 16.7. The second-order valence-corrected chi connectivity index (χ2v) is 5.62. The standard InChI is InChI=1S/C22H17FN2O2/c1-3-6-17(4-2)27-18-9-11-21(19(23)14-18)25-22(26)16-8-10-20-15(13-16)7-5-12-24-20/h3-14H,1-2H2,(H,25,26)/b17-6+. The van der Waals surface area contributed by atoms with E-state index in [-0.39, 0.29) is 11.4 Å². The van der Waals surface area contributed by atoms with Crippen LogP contribution in [0.1, 0.15) is 10.4 Å². The van der Waals surface area contributed by atoms with Crippen LogP contribution in [0.15, 0.2) is 91.9 Å². The Bertz CT molecular complexity index is 1060. The van der Waals surface area contributed by atoms with Crippen LogP contribution in [-0.2, 0) is 0 Å².